The number of piperazine rings is 1. The topological polar surface area (TPSA) is 117 Å². The number of hydrogen-bond acceptors (Lipinski definition) is 7. The second-order valence-corrected chi connectivity index (χ2v) is 10.8. The van der Waals surface area contributed by atoms with E-state index >= 15 is 0 Å². The van der Waals surface area contributed by atoms with Crippen LogP contribution < -0.4 is 11.5 Å². The van der Waals surface area contributed by atoms with Crippen molar-refractivity contribution in [2.75, 3.05) is 32.7 Å². The molecule has 0 saturated carbocycles. The van der Waals surface area contributed by atoms with E-state index in [1.165, 1.54) is 11.3 Å². The minimum atomic E-state index is -0.281. The second kappa shape index (κ2) is 11.1. The Morgan fingerprint density at radius 2 is 2.00 bits per heavy atom. The molecule has 10 heteroatoms. The van der Waals surface area contributed by atoms with Crippen LogP contribution in [0.3, 0.4) is 0 Å². The van der Waals surface area contributed by atoms with Crippen molar-refractivity contribution in [2.24, 2.45) is 21.5 Å². The third kappa shape index (κ3) is 5.61. The van der Waals surface area contributed by atoms with Crippen molar-refractivity contribution in [3.63, 3.8) is 0 Å². The average Bonchev–Trinajstić information content (AvgIpc) is 3.39. The van der Waals surface area contributed by atoms with Crippen LogP contribution in [0.1, 0.15) is 44.6 Å². The summed E-state index contributed by atoms with van der Waals surface area (Å²) in [5.41, 5.74) is 13.7. The molecule has 1 aliphatic heterocycles. The molecule has 3 rings (SSSR count). The molecule has 0 radical (unpaired) electrons. The van der Waals surface area contributed by atoms with E-state index in [0.717, 1.165) is 54.7 Å². The average molecular weight is 479 g/mol. The Balaban J connectivity index is 1.79. The Hall–Kier alpha value is -2.14. The van der Waals surface area contributed by atoms with E-state index in [1.807, 2.05) is 32.2 Å². The zero-order valence-corrected chi connectivity index (χ0v) is 20.9. The molecule has 32 heavy (non-hydrogen) atoms. The summed E-state index contributed by atoms with van der Waals surface area (Å²) >= 11 is 1.50. The summed E-state index contributed by atoms with van der Waals surface area (Å²) in [6, 6.07) is 1.71. The molecule has 0 aliphatic carbocycles. The number of aryl methyl sites for hydroxylation is 1. The number of thiophene rings is 1. The fourth-order valence-corrected chi connectivity index (χ4v) is 6.92. The molecule has 1 aliphatic rings. The standard InChI is InChI=1S/C22H34N6O2S2/c1-5-16(18-12-15(4)13-30-18)25-20(23)21(24)26-17-14-31-22(19(17)29)32(7-3)28-10-8-27(6-2)9-11-28/h7,12-14,16,29H,5-6,8-11H2,1-4H3,(H2,23,25)(H2,24,26)/t16-,32?/m1/s1. The highest BCUT2D eigenvalue weighted by molar-refractivity contribution is 8.14. The summed E-state index contributed by atoms with van der Waals surface area (Å²) in [5, 5.41) is 14.9. The quantitative estimate of drug-likeness (QED) is 0.316. The molecule has 1 unspecified atom stereocenters. The maximum Gasteiger partial charge on any atom is 0.166 e. The van der Waals surface area contributed by atoms with Gasteiger partial charge in [-0.2, -0.15) is 0 Å². The van der Waals surface area contributed by atoms with Gasteiger partial charge in [-0.1, -0.05) is 24.5 Å². The molecule has 0 spiro atoms. The van der Waals surface area contributed by atoms with Gasteiger partial charge in [0, 0.05) is 31.6 Å². The van der Waals surface area contributed by atoms with Crippen LogP contribution in [0.25, 0.3) is 0 Å². The van der Waals surface area contributed by atoms with Gasteiger partial charge in [0.25, 0.3) is 0 Å². The first kappa shape index (κ1) is 24.5. The lowest BCUT2D eigenvalue weighted by molar-refractivity contribution is 0.205. The monoisotopic (exact) mass is 478 g/mol. The van der Waals surface area contributed by atoms with Gasteiger partial charge in [-0.25, -0.2) is 9.30 Å². The Labute approximate surface area is 196 Å². The van der Waals surface area contributed by atoms with E-state index < -0.39 is 0 Å². The number of aromatic hydroxyl groups is 1. The van der Waals surface area contributed by atoms with Crippen molar-refractivity contribution in [2.45, 2.75) is 44.4 Å². The first-order valence-corrected chi connectivity index (χ1v) is 13.0. The molecule has 0 amide bonds. The van der Waals surface area contributed by atoms with Crippen LogP contribution in [0.15, 0.2) is 36.3 Å². The molecule has 176 valence electrons. The molecule has 5 N–H and O–H groups in total. The second-order valence-electron chi connectivity index (χ2n) is 7.63. The van der Waals surface area contributed by atoms with Gasteiger partial charge in [0.05, 0.1) is 6.26 Å². The summed E-state index contributed by atoms with van der Waals surface area (Å²) in [6.07, 6.45) is 2.41. The summed E-state index contributed by atoms with van der Waals surface area (Å²) in [6.45, 7) is 13.3. The van der Waals surface area contributed by atoms with Crippen LogP contribution >= 0.6 is 22.0 Å². The van der Waals surface area contributed by atoms with Gasteiger partial charge in [0.1, 0.15) is 21.7 Å². The molecule has 8 nitrogen and oxygen atoms in total. The molecule has 0 aromatic carbocycles. The molecule has 1 fully saturated rings. The van der Waals surface area contributed by atoms with Crippen molar-refractivity contribution in [3.8, 4) is 5.75 Å². The number of aliphatic imine (C=N–C) groups is 2. The van der Waals surface area contributed by atoms with Gasteiger partial charge < -0.3 is 25.9 Å². The van der Waals surface area contributed by atoms with Crippen molar-refractivity contribution >= 4 is 44.7 Å². The number of rotatable bonds is 7. The smallest absolute Gasteiger partial charge is 0.166 e. The summed E-state index contributed by atoms with van der Waals surface area (Å²) in [5.74, 6) is 1.13. The van der Waals surface area contributed by atoms with E-state index in [4.69, 9.17) is 15.9 Å². The maximum absolute atomic E-state index is 10.9. The Kier molecular flexibility index (Phi) is 8.52. The lowest BCUT2D eigenvalue weighted by atomic mass is 10.1. The molecular weight excluding hydrogens is 444 g/mol. The Morgan fingerprint density at radius 3 is 2.56 bits per heavy atom. The normalized spacial score (nSPS) is 18.9. The molecule has 1 saturated heterocycles. The van der Waals surface area contributed by atoms with Gasteiger partial charge in [-0.15, -0.1) is 11.3 Å². The predicted octanol–water partition coefficient (Wildman–Crippen LogP) is 3.85. The number of likely N-dealkylation sites (N-methyl/N-ethyl adjacent to an activating group) is 1. The molecule has 0 bridgehead atoms. The van der Waals surface area contributed by atoms with Crippen LogP contribution in [0.2, 0.25) is 0 Å². The Bertz CT molecular complexity index is 1000. The van der Waals surface area contributed by atoms with Crippen LogP contribution in [0.4, 0.5) is 5.69 Å². The Morgan fingerprint density at radius 1 is 1.28 bits per heavy atom. The zero-order valence-electron chi connectivity index (χ0n) is 19.2. The molecule has 2 atom stereocenters. The zero-order chi connectivity index (χ0) is 23.3. The van der Waals surface area contributed by atoms with Gasteiger partial charge in [-0.05, 0) is 43.8 Å². The summed E-state index contributed by atoms with van der Waals surface area (Å²) in [7, 11) is -0.281. The number of amidine groups is 2. The molecular formula is C22H34N6O2S2. The van der Waals surface area contributed by atoms with Gasteiger partial charge >= 0.3 is 0 Å². The van der Waals surface area contributed by atoms with Gasteiger partial charge in [0.2, 0.25) is 0 Å². The minimum absolute atomic E-state index is 0.0864. The largest absolute Gasteiger partial charge is 0.504 e. The van der Waals surface area contributed by atoms with E-state index in [2.05, 4.69) is 31.5 Å². The summed E-state index contributed by atoms with van der Waals surface area (Å²) < 4.78 is 8.88. The van der Waals surface area contributed by atoms with Crippen LogP contribution in [-0.4, -0.2) is 64.1 Å². The van der Waals surface area contributed by atoms with E-state index in [0.29, 0.717) is 5.69 Å². The van der Waals surface area contributed by atoms with Crippen LogP contribution in [-0.2, 0) is 0 Å². The van der Waals surface area contributed by atoms with Gasteiger partial charge in [-0.3, -0.25) is 4.99 Å². The highest BCUT2D eigenvalue weighted by Gasteiger charge is 2.23. The molecule has 3 heterocycles. The predicted molar refractivity (Wildman–Crippen MR) is 137 cm³/mol. The van der Waals surface area contributed by atoms with Crippen LogP contribution in [0.5, 0.6) is 5.75 Å². The van der Waals surface area contributed by atoms with Crippen molar-refractivity contribution < 1.29 is 9.52 Å². The number of nitrogens with two attached hydrogens (primary N) is 2. The third-order valence-electron chi connectivity index (χ3n) is 5.45. The highest BCUT2D eigenvalue weighted by atomic mass is 32.2. The maximum atomic E-state index is 10.9. The van der Waals surface area contributed by atoms with E-state index in [9.17, 15) is 5.11 Å². The van der Waals surface area contributed by atoms with Crippen molar-refractivity contribution in [3.05, 3.63) is 29.0 Å². The van der Waals surface area contributed by atoms with Crippen LogP contribution in [0, 0.1) is 6.92 Å². The van der Waals surface area contributed by atoms with E-state index in [1.54, 1.807) is 6.26 Å². The molecule has 2 aromatic heterocycles. The number of furan rings is 1. The van der Waals surface area contributed by atoms with Crippen molar-refractivity contribution in [1.29, 1.82) is 0 Å². The highest BCUT2D eigenvalue weighted by Crippen LogP contribution is 2.47. The fourth-order valence-electron chi connectivity index (χ4n) is 3.57. The number of hydrogen-bond donors (Lipinski definition) is 3. The van der Waals surface area contributed by atoms with Crippen molar-refractivity contribution in [1.82, 2.24) is 9.21 Å². The number of nitrogens with zero attached hydrogens (tertiary/aromatic N) is 4. The third-order valence-corrected chi connectivity index (χ3v) is 8.94. The minimum Gasteiger partial charge on any atom is -0.504 e. The summed E-state index contributed by atoms with van der Waals surface area (Å²) in [4.78, 5) is 11.3. The lowest BCUT2D eigenvalue weighted by Crippen LogP contribution is -2.43. The lowest BCUT2D eigenvalue weighted by Gasteiger charge is -2.35. The first-order chi connectivity index (χ1) is 15.4. The SMILES string of the molecule is C/C=S(\c1scc(N=C(N)C(N)=N[C@H](CC)c2cc(C)co2)c1O)N1CCN(CC)CC1. The van der Waals surface area contributed by atoms with E-state index in [-0.39, 0.29) is 34.1 Å². The first-order valence-electron chi connectivity index (χ1n) is 10.9. The molecule has 2 aromatic rings. The van der Waals surface area contributed by atoms with Gasteiger partial charge in [0.15, 0.2) is 17.4 Å². The fraction of sp³-hybridized carbons (Fsp3) is 0.500.